The highest BCUT2D eigenvalue weighted by molar-refractivity contribution is 5.76. The summed E-state index contributed by atoms with van der Waals surface area (Å²) >= 11 is 0. The van der Waals surface area contributed by atoms with E-state index in [1.54, 1.807) is 0 Å². The molecule has 9 N–H and O–H groups in total. The zero-order chi connectivity index (χ0) is 43.3. The van der Waals surface area contributed by atoms with Crippen molar-refractivity contribution in [2.24, 2.45) is 0 Å². The Labute approximate surface area is 355 Å². The standard InChI is InChI=1S/C45H87NO13/c1-3-5-7-9-11-13-15-16-17-18-19-20-22-24-26-28-34(49)33(46-37(50)29-27-25-23-21-14-12-10-8-6-4-2)32-56-44-42(55)40(53)43(36(31-48)58-44)59-45-41(54)39(52)38(51)35(30-47)57-45/h33-36,38-45,47-49,51-55H,3-32H2,1-2H3,(H,46,50). The second-order valence-electron chi connectivity index (χ2n) is 17.2. The molecule has 0 aliphatic carbocycles. The van der Waals surface area contributed by atoms with Crippen molar-refractivity contribution in [3.8, 4) is 0 Å². The van der Waals surface area contributed by atoms with Crippen molar-refractivity contribution in [2.75, 3.05) is 19.8 Å². The van der Waals surface area contributed by atoms with E-state index in [9.17, 15) is 45.6 Å². The Morgan fingerprint density at radius 3 is 1.44 bits per heavy atom. The van der Waals surface area contributed by atoms with E-state index in [2.05, 4.69) is 19.2 Å². The van der Waals surface area contributed by atoms with Crippen LogP contribution in [0.2, 0.25) is 0 Å². The lowest BCUT2D eigenvalue weighted by Crippen LogP contribution is -2.65. The van der Waals surface area contributed by atoms with Gasteiger partial charge in [0.1, 0.15) is 48.8 Å². The first-order chi connectivity index (χ1) is 28.6. The quantitative estimate of drug-likeness (QED) is 0.0377. The van der Waals surface area contributed by atoms with Crippen LogP contribution in [0.25, 0.3) is 0 Å². The molecule has 14 nitrogen and oxygen atoms in total. The molecule has 0 spiro atoms. The van der Waals surface area contributed by atoms with Gasteiger partial charge in [-0.2, -0.15) is 0 Å². The van der Waals surface area contributed by atoms with Crippen LogP contribution in [0.3, 0.4) is 0 Å². The molecular formula is C45H87NO13. The van der Waals surface area contributed by atoms with Crippen LogP contribution in [0.4, 0.5) is 0 Å². The highest BCUT2D eigenvalue weighted by atomic mass is 16.7. The highest BCUT2D eigenvalue weighted by Gasteiger charge is 2.51. The average molecular weight is 850 g/mol. The fourth-order valence-electron chi connectivity index (χ4n) is 8.12. The van der Waals surface area contributed by atoms with Gasteiger partial charge in [0, 0.05) is 6.42 Å². The van der Waals surface area contributed by atoms with Crippen LogP contribution in [-0.4, -0.2) is 140 Å². The van der Waals surface area contributed by atoms with Gasteiger partial charge < -0.3 is 65.1 Å². The molecule has 1 amide bonds. The number of ether oxygens (including phenoxy) is 4. The number of unbranched alkanes of at least 4 members (excludes halogenated alkanes) is 23. The number of hydrogen-bond donors (Lipinski definition) is 9. The van der Waals surface area contributed by atoms with Crippen LogP contribution in [0.5, 0.6) is 0 Å². The Balaban J connectivity index is 1.86. The Bertz CT molecular complexity index is 1010. The second-order valence-corrected chi connectivity index (χ2v) is 17.2. The van der Waals surface area contributed by atoms with Crippen molar-refractivity contribution in [1.82, 2.24) is 5.32 Å². The molecule has 2 fully saturated rings. The van der Waals surface area contributed by atoms with Gasteiger partial charge in [-0.1, -0.05) is 168 Å². The molecule has 2 saturated heterocycles. The first-order valence-corrected chi connectivity index (χ1v) is 23.8. The maximum absolute atomic E-state index is 13.1. The normalized spacial score (nSPS) is 28.4. The van der Waals surface area contributed by atoms with Gasteiger partial charge in [-0.25, -0.2) is 0 Å². The molecule has 2 rings (SSSR count). The molecule has 0 aromatic heterocycles. The fraction of sp³-hybridized carbons (Fsp3) is 0.978. The molecule has 14 heteroatoms. The first-order valence-electron chi connectivity index (χ1n) is 23.8. The predicted octanol–water partition coefficient (Wildman–Crippen LogP) is 5.05. The summed E-state index contributed by atoms with van der Waals surface area (Å²) in [6.07, 6.45) is 14.0. The second kappa shape index (κ2) is 33.5. The highest BCUT2D eigenvalue weighted by Crippen LogP contribution is 2.30. The minimum absolute atomic E-state index is 0.208. The average Bonchev–Trinajstić information content (AvgIpc) is 3.23. The van der Waals surface area contributed by atoms with Gasteiger partial charge in [0.15, 0.2) is 12.6 Å². The van der Waals surface area contributed by atoms with E-state index in [1.165, 1.54) is 109 Å². The molecule has 2 aliphatic rings. The lowest BCUT2D eigenvalue weighted by atomic mass is 9.97. The van der Waals surface area contributed by atoms with Crippen LogP contribution in [0, 0.1) is 0 Å². The third-order valence-corrected chi connectivity index (χ3v) is 12.1. The lowest BCUT2D eigenvalue weighted by Gasteiger charge is -2.46. The maximum atomic E-state index is 13.1. The van der Waals surface area contributed by atoms with Gasteiger partial charge in [-0.05, 0) is 12.8 Å². The van der Waals surface area contributed by atoms with Crippen LogP contribution in [0.15, 0.2) is 0 Å². The van der Waals surface area contributed by atoms with Crippen LogP contribution < -0.4 is 5.32 Å². The van der Waals surface area contributed by atoms with E-state index in [1.807, 2.05) is 0 Å². The summed E-state index contributed by atoms with van der Waals surface area (Å²) in [6, 6.07) is -0.819. The number of rotatable bonds is 36. The maximum Gasteiger partial charge on any atom is 0.220 e. The topological polar surface area (TPSA) is 228 Å². The monoisotopic (exact) mass is 850 g/mol. The van der Waals surface area contributed by atoms with Crippen molar-refractivity contribution in [3.63, 3.8) is 0 Å². The number of aliphatic hydroxyl groups is 8. The molecule has 12 unspecified atom stereocenters. The zero-order valence-electron chi connectivity index (χ0n) is 36.8. The molecule has 2 aliphatic heterocycles. The van der Waals surface area contributed by atoms with Crippen LogP contribution >= 0.6 is 0 Å². The lowest BCUT2D eigenvalue weighted by molar-refractivity contribution is -0.359. The van der Waals surface area contributed by atoms with Crippen LogP contribution in [-0.2, 0) is 23.7 Å². The van der Waals surface area contributed by atoms with Gasteiger partial charge >= 0.3 is 0 Å². The van der Waals surface area contributed by atoms with Gasteiger partial charge in [0.05, 0.1) is 32.0 Å². The number of carbonyl (C=O) groups is 1. The molecule has 12 atom stereocenters. The van der Waals surface area contributed by atoms with E-state index in [0.717, 1.165) is 51.4 Å². The Morgan fingerprint density at radius 1 is 0.542 bits per heavy atom. The van der Waals surface area contributed by atoms with E-state index in [0.29, 0.717) is 12.8 Å². The molecule has 0 aromatic rings. The molecule has 0 radical (unpaired) electrons. The molecular weight excluding hydrogens is 762 g/mol. The Morgan fingerprint density at radius 2 is 0.966 bits per heavy atom. The van der Waals surface area contributed by atoms with E-state index in [-0.39, 0.29) is 12.5 Å². The first kappa shape index (κ1) is 54.1. The van der Waals surface area contributed by atoms with Crippen molar-refractivity contribution in [3.05, 3.63) is 0 Å². The number of carbonyl (C=O) groups excluding carboxylic acids is 1. The minimum Gasteiger partial charge on any atom is -0.394 e. The van der Waals surface area contributed by atoms with Gasteiger partial charge in [0.2, 0.25) is 5.91 Å². The molecule has 0 saturated carbocycles. The van der Waals surface area contributed by atoms with E-state index < -0.39 is 86.8 Å². The number of aliphatic hydroxyl groups excluding tert-OH is 8. The van der Waals surface area contributed by atoms with Crippen molar-refractivity contribution in [2.45, 2.75) is 261 Å². The summed E-state index contributed by atoms with van der Waals surface area (Å²) in [4.78, 5) is 13.1. The third-order valence-electron chi connectivity index (χ3n) is 12.1. The molecule has 350 valence electrons. The van der Waals surface area contributed by atoms with Gasteiger partial charge in [-0.15, -0.1) is 0 Å². The zero-order valence-corrected chi connectivity index (χ0v) is 36.8. The van der Waals surface area contributed by atoms with Crippen molar-refractivity contribution >= 4 is 5.91 Å². The summed E-state index contributed by atoms with van der Waals surface area (Å²) in [5.41, 5.74) is 0. The molecule has 0 aromatic carbocycles. The van der Waals surface area contributed by atoms with Gasteiger partial charge in [0.25, 0.3) is 0 Å². The Hall–Kier alpha value is -1.01. The largest absolute Gasteiger partial charge is 0.394 e. The van der Waals surface area contributed by atoms with Crippen molar-refractivity contribution < 1.29 is 64.6 Å². The van der Waals surface area contributed by atoms with E-state index >= 15 is 0 Å². The minimum atomic E-state index is -1.78. The molecule has 0 bridgehead atoms. The summed E-state index contributed by atoms with van der Waals surface area (Å²) in [5.74, 6) is -0.208. The van der Waals surface area contributed by atoms with Crippen molar-refractivity contribution in [1.29, 1.82) is 0 Å². The number of amides is 1. The Kier molecular flexibility index (Phi) is 30.8. The SMILES string of the molecule is CCCCCCCCCCCCCCCCCC(O)C(COC1OC(CO)C(OC2OC(CO)C(O)C(O)C2O)C(O)C1O)NC(=O)CCCCCCCCCCCC. The summed E-state index contributed by atoms with van der Waals surface area (Å²) in [7, 11) is 0. The third kappa shape index (κ3) is 21.8. The summed E-state index contributed by atoms with van der Waals surface area (Å²) in [6.45, 7) is 2.83. The van der Waals surface area contributed by atoms with Gasteiger partial charge in [-0.3, -0.25) is 4.79 Å². The fourth-order valence-corrected chi connectivity index (χ4v) is 8.12. The van der Waals surface area contributed by atoms with Crippen LogP contribution in [0.1, 0.15) is 187 Å². The van der Waals surface area contributed by atoms with E-state index in [4.69, 9.17) is 18.9 Å². The smallest absolute Gasteiger partial charge is 0.220 e. The predicted molar refractivity (Wildman–Crippen MR) is 226 cm³/mol. The number of nitrogens with one attached hydrogen (secondary N) is 1. The molecule has 59 heavy (non-hydrogen) atoms. The summed E-state index contributed by atoms with van der Waals surface area (Å²) < 4.78 is 22.7. The summed E-state index contributed by atoms with van der Waals surface area (Å²) in [5, 5.41) is 86.6. The number of hydrogen-bond acceptors (Lipinski definition) is 13. The molecule has 2 heterocycles.